The molecule has 1 saturated heterocycles. The molecule has 1 aliphatic heterocycles. The van der Waals surface area contributed by atoms with E-state index in [1.807, 2.05) is 12.1 Å². The quantitative estimate of drug-likeness (QED) is 0.667. The monoisotopic (exact) mass is 399 g/mol. The number of fused-ring (bicyclic) bond motifs is 1. The standard InChI is InChI=1S/C27H29NO2/c1-30-24-15-9-8-14-21(24)26-25-22(18-28-26)23(29)16-17-27(25,19-10-4-2-5-11-19)20-12-6-3-7-13-20/h2-15,22-23,25-26,28-29H,16-18H2,1H3. The maximum Gasteiger partial charge on any atom is 0.123 e. The number of benzene rings is 3. The van der Waals surface area contributed by atoms with E-state index in [2.05, 4.69) is 78.1 Å². The van der Waals surface area contributed by atoms with Crippen LogP contribution in [0.15, 0.2) is 84.9 Å². The number of rotatable bonds is 4. The van der Waals surface area contributed by atoms with Gasteiger partial charge >= 0.3 is 0 Å². The molecule has 2 fully saturated rings. The number of aliphatic hydroxyl groups excluding tert-OH is 1. The minimum Gasteiger partial charge on any atom is -0.496 e. The van der Waals surface area contributed by atoms with Gasteiger partial charge in [0.2, 0.25) is 0 Å². The summed E-state index contributed by atoms with van der Waals surface area (Å²) < 4.78 is 5.74. The van der Waals surface area contributed by atoms with E-state index in [0.29, 0.717) is 0 Å². The molecule has 2 N–H and O–H groups in total. The lowest BCUT2D eigenvalue weighted by molar-refractivity contribution is 0.0147. The molecule has 3 heteroatoms. The number of aliphatic hydroxyl groups is 1. The van der Waals surface area contributed by atoms with E-state index >= 15 is 0 Å². The van der Waals surface area contributed by atoms with Gasteiger partial charge in [0.1, 0.15) is 5.75 Å². The lowest BCUT2D eigenvalue weighted by Crippen LogP contribution is -2.49. The normalized spacial score (nSPS) is 27.4. The van der Waals surface area contributed by atoms with Crippen molar-refractivity contribution in [3.63, 3.8) is 0 Å². The molecule has 0 amide bonds. The van der Waals surface area contributed by atoms with E-state index in [9.17, 15) is 5.11 Å². The summed E-state index contributed by atoms with van der Waals surface area (Å²) in [4.78, 5) is 0. The van der Waals surface area contributed by atoms with E-state index in [1.165, 1.54) is 16.7 Å². The zero-order chi connectivity index (χ0) is 20.6. The molecule has 4 atom stereocenters. The van der Waals surface area contributed by atoms with Crippen LogP contribution in [-0.2, 0) is 5.41 Å². The van der Waals surface area contributed by atoms with Gasteiger partial charge in [-0.15, -0.1) is 0 Å². The Hall–Kier alpha value is -2.62. The van der Waals surface area contributed by atoms with Gasteiger partial charge in [-0.1, -0.05) is 78.9 Å². The van der Waals surface area contributed by atoms with Crippen LogP contribution in [0.2, 0.25) is 0 Å². The van der Waals surface area contributed by atoms with Gasteiger partial charge in [-0.25, -0.2) is 0 Å². The Labute approximate surface area is 178 Å². The highest BCUT2D eigenvalue weighted by molar-refractivity contribution is 5.46. The van der Waals surface area contributed by atoms with Crippen LogP contribution in [0.1, 0.15) is 35.6 Å². The second kappa shape index (κ2) is 7.90. The van der Waals surface area contributed by atoms with Gasteiger partial charge in [0.05, 0.1) is 13.2 Å². The lowest BCUT2D eigenvalue weighted by Gasteiger charge is -2.50. The predicted octanol–water partition coefficient (Wildman–Crippen LogP) is 4.71. The van der Waals surface area contributed by atoms with Crippen LogP contribution < -0.4 is 10.1 Å². The maximum atomic E-state index is 11.0. The van der Waals surface area contributed by atoms with Crippen molar-refractivity contribution >= 4 is 0 Å². The smallest absolute Gasteiger partial charge is 0.123 e. The molecule has 0 aromatic heterocycles. The predicted molar refractivity (Wildman–Crippen MR) is 120 cm³/mol. The zero-order valence-corrected chi connectivity index (χ0v) is 17.4. The summed E-state index contributed by atoms with van der Waals surface area (Å²) in [6, 6.07) is 30.2. The lowest BCUT2D eigenvalue weighted by atomic mass is 9.54. The van der Waals surface area contributed by atoms with Gasteiger partial charge in [-0.2, -0.15) is 0 Å². The third-order valence-electron chi connectivity index (χ3n) is 7.34. The number of ether oxygens (including phenoxy) is 1. The maximum absolute atomic E-state index is 11.0. The Morgan fingerprint density at radius 3 is 2.10 bits per heavy atom. The molecule has 1 aliphatic carbocycles. The van der Waals surface area contributed by atoms with E-state index in [-0.39, 0.29) is 29.4 Å². The first kappa shape index (κ1) is 19.3. The molecule has 4 unspecified atom stereocenters. The van der Waals surface area contributed by atoms with Gasteiger partial charge in [-0.3, -0.25) is 0 Å². The molecule has 1 heterocycles. The molecular formula is C27H29NO2. The Morgan fingerprint density at radius 2 is 1.47 bits per heavy atom. The van der Waals surface area contributed by atoms with Crippen molar-refractivity contribution in [2.75, 3.05) is 13.7 Å². The molecule has 30 heavy (non-hydrogen) atoms. The van der Waals surface area contributed by atoms with Crippen LogP contribution in [-0.4, -0.2) is 24.9 Å². The summed E-state index contributed by atoms with van der Waals surface area (Å²) in [7, 11) is 1.74. The third-order valence-corrected chi connectivity index (χ3v) is 7.34. The SMILES string of the molecule is COc1ccccc1C1NCC2C(O)CCC(c3ccccc3)(c3ccccc3)C12. The van der Waals surface area contributed by atoms with Gasteiger partial charge in [0.15, 0.2) is 0 Å². The number of methoxy groups -OCH3 is 1. The van der Waals surface area contributed by atoms with Crippen molar-refractivity contribution in [2.45, 2.75) is 30.4 Å². The number of nitrogens with one attached hydrogen (secondary N) is 1. The van der Waals surface area contributed by atoms with Crippen molar-refractivity contribution in [3.05, 3.63) is 102 Å². The molecular weight excluding hydrogens is 370 g/mol. The van der Waals surface area contributed by atoms with E-state index < -0.39 is 0 Å². The van der Waals surface area contributed by atoms with Crippen molar-refractivity contribution in [2.24, 2.45) is 11.8 Å². The molecule has 5 rings (SSSR count). The average molecular weight is 400 g/mol. The second-order valence-corrected chi connectivity index (χ2v) is 8.63. The van der Waals surface area contributed by atoms with E-state index in [0.717, 1.165) is 25.1 Å². The topological polar surface area (TPSA) is 41.5 Å². The zero-order valence-electron chi connectivity index (χ0n) is 17.4. The fourth-order valence-electron chi connectivity index (χ4n) is 6.08. The van der Waals surface area contributed by atoms with E-state index in [4.69, 9.17) is 4.74 Å². The van der Waals surface area contributed by atoms with Crippen molar-refractivity contribution in [1.82, 2.24) is 5.32 Å². The van der Waals surface area contributed by atoms with Gasteiger partial charge in [0.25, 0.3) is 0 Å². The Kier molecular flexibility index (Phi) is 5.10. The fraction of sp³-hybridized carbons (Fsp3) is 0.333. The Bertz CT molecular complexity index is 949. The summed E-state index contributed by atoms with van der Waals surface area (Å²) in [5.74, 6) is 1.32. The molecule has 3 aromatic rings. The first-order valence-electron chi connectivity index (χ1n) is 10.9. The molecule has 0 spiro atoms. The highest BCUT2D eigenvalue weighted by atomic mass is 16.5. The first-order chi connectivity index (χ1) is 14.8. The van der Waals surface area contributed by atoms with Crippen molar-refractivity contribution in [1.29, 1.82) is 0 Å². The van der Waals surface area contributed by atoms with Crippen LogP contribution in [0, 0.1) is 11.8 Å². The molecule has 0 radical (unpaired) electrons. The van der Waals surface area contributed by atoms with Crippen LogP contribution in [0.5, 0.6) is 5.75 Å². The summed E-state index contributed by atoms with van der Waals surface area (Å²) >= 11 is 0. The Morgan fingerprint density at radius 1 is 0.867 bits per heavy atom. The van der Waals surface area contributed by atoms with Gasteiger partial charge in [-0.05, 0) is 36.0 Å². The second-order valence-electron chi connectivity index (χ2n) is 8.63. The van der Waals surface area contributed by atoms with Crippen LogP contribution in [0.4, 0.5) is 0 Å². The number of para-hydroxylation sites is 1. The van der Waals surface area contributed by atoms with Crippen LogP contribution in [0.3, 0.4) is 0 Å². The Balaban J connectivity index is 1.73. The third kappa shape index (κ3) is 2.96. The molecule has 3 aromatic carbocycles. The van der Waals surface area contributed by atoms with Gasteiger partial charge < -0.3 is 15.2 Å². The highest BCUT2D eigenvalue weighted by Gasteiger charge is 2.56. The number of hydrogen-bond acceptors (Lipinski definition) is 3. The minimum absolute atomic E-state index is 0.113. The van der Waals surface area contributed by atoms with Crippen LogP contribution in [0.25, 0.3) is 0 Å². The average Bonchev–Trinajstić information content (AvgIpc) is 3.27. The molecule has 154 valence electrons. The molecule has 2 aliphatic rings. The molecule has 1 saturated carbocycles. The van der Waals surface area contributed by atoms with Crippen molar-refractivity contribution < 1.29 is 9.84 Å². The minimum atomic E-state index is -0.289. The van der Waals surface area contributed by atoms with Gasteiger partial charge in [0, 0.05) is 29.5 Å². The molecule has 0 bridgehead atoms. The summed E-state index contributed by atoms with van der Waals surface area (Å²) in [5, 5.41) is 14.8. The van der Waals surface area contributed by atoms with Crippen molar-refractivity contribution in [3.8, 4) is 5.75 Å². The highest BCUT2D eigenvalue weighted by Crippen LogP contribution is 2.57. The summed E-state index contributed by atoms with van der Waals surface area (Å²) in [6.45, 7) is 0.815. The summed E-state index contributed by atoms with van der Waals surface area (Å²) in [6.07, 6.45) is 1.45. The molecule has 3 nitrogen and oxygen atoms in total. The van der Waals surface area contributed by atoms with Crippen LogP contribution >= 0.6 is 0 Å². The number of hydrogen-bond donors (Lipinski definition) is 2. The first-order valence-corrected chi connectivity index (χ1v) is 10.9. The summed E-state index contributed by atoms with van der Waals surface area (Å²) in [5.41, 5.74) is 3.68. The largest absolute Gasteiger partial charge is 0.496 e. The fourth-order valence-corrected chi connectivity index (χ4v) is 6.08. The van der Waals surface area contributed by atoms with E-state index in [1.54, 1.807) is 7.11 Å².